The molecule has 0 aliphatic heterocycles. The minimum atomic E-state index is -0.283. The molecule has 1 N–H and O–H groups in total. The van der Waals surface area contributed by atoms with Crippen LogP contribution >= 0.6 is 0 Å². The largest absolute Gasteiger partial charge is 0.465 e. The van der Waals surface area contributed by atoms with Gasteiger partial charge in [0.15, 0.2) is 0 Å². The van der Waals surface area contributed by atoms with Crippen molar-refractivity contribution in [2.24, 2.45) is 0 Å². The minimum Gasteiger partial charge on any atom is -0.465 e. The molecule has 1 aromatic heterocycles. The molecular weight excluding hydrogens is 276 g/mol. The lowest BCUT2D eigenvalue weighted by molar-refractivity contribution is 0.0600. The van der Waals surface area contributed by atoms with Crippen LogP contribution in [0.3, 0.4) is 0 Å². The number of imidazole rings is 1. The Labute approximate surface area is 130 Å². The van der Waals surface area contributed by atoms with E-state index in [0.717, 1.165) is 29.1 Å². The topological polar surface area (TPSA) is 55.0 Å². The van der Waals surface area contributed by atoms with Crippen LogP contribution in [0, 0.1) is 6.92 Å². The third-order valence-electron chi connectivity index (χ3n) is 4.60. The fourth-order valence-corrected chi connectivity index (χ4v) is 3.03. The summed E-state index contributed by atoms with van der Waals surface area (Å²) in [7, 11) is 1.42. The van der Waals surface area contributed by atoms with Crippen molar-refractivity contribution in [2.45, 2.75) is 45.4 Å². The first-order valence-electron chi connectivity index (χ1n) is 7.91. The van der Waals surface area contributed by atoms with Crippen LogP contribution in [0.25, 0.3) is 11.3 Å². The number of ether oxygens (including phenoxy) is 1. The number of hydrogen-bond donors (Lipinski definition) is 1. The number of H-pyrrole nitrogens is 1. The third kappa shape index (κ3) is 2.54. The summed E-state index contributed by atoms with van der Waals surface area (Å²) in [4.78, 5) is 19.8. The maximum atomic E-state index is 12.0. The maximum absolute atomic E-state index is 12.0. The van der Waals surface area contributed by atoms with Gasteiger partial charge in [-0.25, -0.2) is 9.78 Å². The highest BCUT2D eigenvalue weighted by Crippen LogP contribution is 2.42. The number of carbonyl (C=O) groups excluding carboxylic acids is 1. The van der Waals surface area contributed by atoms with E-state index in [4.69, 9.17) is 4.74 Å². The van der Waals surface area contributed by atoms with E-state index in [9.17, 15) is 4.79 Å². The molecule has 0 radical (unpaired) electrons. The summed E-state index contributed by atoms with van der Waals surface area (Å²) in [6.45, 7) is 4.05. The molecule has 1 aliphatic carbocycles. The van der Waals surface area contributed by atoms with Crippen molar-refractivity contribution in [2.75, 3.05) is 7.11 Å². The van der Waals surface area contributed by atoms with Gasteiger partial charge < -0.3 is 9.72 Å². The monoisotopic (exact) mass is 298 g/mol. The van der Waals surface area contributed by atoms with Gasteiger partial charge in [-0.05, 0) is 42.9 Å². The Bertz CT molecular complexity index is 699. The summed E-state index contributed by atoms with van der Waals surface area (Å²) in [6, 6.07) is 4.11. The lowest BCUT2D eigenvalue weighted by atomic mass is 9.76. The number of aromatic nitrogens is 2. The number of aryl methyl sites for hydroxylation is 2. The number of aromatic amines is 1. The smallest absolute Gasteiger partial charge is 0.338 e. The first-order valence-corrected chi connectivity index (χ1v) is 7.91. The van der Waals surface area contributed by atoms with E-state index in [2.05, 4.69) is 23.0 Å². The van der Waals surface area contributed by atoms with Crippen LogP contribution in [0.2, 0.25) is 0 Å². The zero-order valence-electron chi connectivity index (χ0n) is 13.4. The van der Waals surface area contributed by atoms with Gasteiger partial charge in [-0.15, -0.1) is 0 Å². The van der Waals surface area contributed by atoms with E-state index in [1.54, 1.807) is 0 Å². The van der Waals surface area contributed by atoms with Crippen molar-refractivity contribution in [3.63, 3.8) is 0 Å². The highest BCUT2D eigenvalue weighted by Gasteiger charge is 2.25. The predicted molar refractivity (Wildman–Crippen MR) is 86.1 cm³/mol. The average molecular weight is 298 g/mol. The SMILES string of the molecule is CCc1ncc(-c2cc(C(=O)OC)c(C)cc2C2CCC2)[nH]1. The number of benzene rings is 1. The van der Waals surface area contributed by atoms with Gasteiger partial charge in [-0.2, -0.15) is 0 Å². The van der Waals surface area contributed by atoms with Crippen LogP contribution < -0.4 is 0 Å². The first-order chi connectivity index (χ1) is 10.6. The summed E-state index contributed by atoms with van der Waals surface area (Å²) in [5.74, 6) is 1.28. The molecular formula is C18H22N2O2. The van der Waals surface area contributed by atoms with Gasteiger partial charge in [0.1, 0.15) is 5.82 Å². The Kier molecular flexibility index (Phi) is 4.01. The molecule has 1 heterocycles. The number of carbonyl (C=O) groups is 1. The fraction of sp³-hybridized carbons (Fsp3) is 0.444. The van der Waals surface area contributed by atoms with Crippen molar-refractivity contribution in [1.29, 1.82) is 0 Å². The van der Waals surface area contributed by atoms with Crippen LogP contribution in [0.15, 0.2) is 18.3 Å². The molecule has 0 spiro atoms. The predicted octanol–water partition coefficient (Wildman–Crippen LogP) is 4.00. The Balaban J connectivity index is 2.13. The Morgan fingerprint density at radius 1 is 1.41 bits per heavy atom. The summed E-state index contributed by atoms with van der Waals surface area (Å²) in [6.07, 6.45) is 6.46. The molecule has 0 amide bonds. The normalized spacial score (nSPS) is 14.7. The number of esters is 1. The van der Waals surface area contributed by atoms with E-state index in [-0.39, 0.29) is 5.97 Å². The quantitative estimate of drug-likeness (QED) is 0.868. The van der Waals surface area contributed by atoms with Crippen molar-refractivity contribution < 1.29 is 9.53 Å². The second-order valence-electron chi connectivity index (χ2n) is 5.97. The fourth-order valence-electron chi connectivity index (χ4n) is 3.03. The molecule has 1 saturated carbocycles. The summed E-state index contributed by atoms with van der Waals surface area (Å²) in [5, 5.41) is 0. The first kappa shape index (κ1) is 14.8. The van der Waals surface area contributed by atoms with Crippen LogP contribution in [0.4, 0.5) is 0 Å². The van der Waals surface area contributed by atoms with E-state index in [0.29, 0.717) is 11.5 Å². The molecule has 0 atom stereocenters. The van der Waals surface area contributed by atoms with Gasteiger partial charge >= 0.3 is 5.97 Å². The highest BCUT2D eigenvalue weighted by atomic mass is 16.5. The Morgan fingerprint density at radius 3 is 2.73 bits per heavy atom. The molecule has 22 heavy (non-hydrogen) atoms. The van der Waals surface area contributed by atoms with Gasteiger partial charge in [-0.3, -0.25) is 0 Å². The molecule has 1 aromatic carbocycles. The van der Waals surface area contributed by atoms with Crippen LogP contribution in [0.5, 0.6) is 0 Å². The molecule has 4 nitrogen and oxygen atoms in total. The summed E-state index contributed by atoms with van der Waals surface area (Å²) < 4.78 is 4.91. The highest BCUT2D eigenvalue weighted by molar-refractivity contribution is 5.93. The van der Waals surface area contributed by atoms with Crippen molar-refractivity contribution in [3.8, 4) is 11.3 Å². The van der Waals surface area contributed by atoms with Gasteiger partial charge in [-0.1, -0.05) is 19.4 Å². The number of rotatable bonds is 4. The molecule has 1 aliphatic rings. The van der Waals surface area contributed by atoms with Crippen LogP contribution in [0.1, 0.15) is 59.4 Å². The lowest BCUT2D eigenvalue weighted by Gasteiger charge is -2.28. The van der Waals surface area contributed by atoms with E-state index in [1.807, 2.05) is 19.2 Å². The number of nitrogens with zero attached hydrogens (tertiary/aromatic N) is 1. The molecule has 2 aromatic rings. The van der Waals surface area contributed by atoms with Crippen molar-refractivity contribution >= 4 is 5.97 Å². The minimum absolute atomic E-state index is 0.283. The molecule has 1 fully saturated rings. The van der Waals surface area contributed by atoms with Crippen LogP contribution in [-0.4, -0.2) is 23.0 Å². The molecule has 0 bridgehead atoms. The van der Waals surface area contributed by atoms with Gasteiger partial charge in [0.25, 0.3) is 0 Å². The Hall–Kier alpha value is -2.10. The lowest BCUT2D eigenvalue weighted by Crippen LogP contribution is -2.12. The zero-order chi connectivity index (χ0) is 15.7. The van der Waals surface area contributed by atoms with Crippen molar-refractivity contribution in [3.05, 3.63) is 40.8 Å². The molecule has 3 rings (SSSR count). The number of hydrogen-bond acceptors (Lipinski definition) is 3. The standard InChI is InChI=1S/C18H22N2O2/c1-4-17-19-10-16(20-17)15-9-13(18(21)22-3)11(2)8-14(15)12-6-5-7-12/h8-10,12H,4-7H2,1-3H3,(H,19,20). The Morgan fingerprint density at radius 2 is 2.18 bits per heavy atom. The van der Waals surface area contributed by atoms with Gasteiger partial charge in [0.05, 0.1) is 24.6 Å². The van der Waals surface area contributed by atoms with Gasteiger partial charge in [0.2, 0.25) is 0 Å². The van der Waals surface area contributed by atoms with E-state index < -0.39 is 0 Å². The molecule has 0 saturated heterocycles. The van der Waals surface area contributed by atoms with Crippen LogP contribution in [-0.2, 0) is 11.2 Å². The molecule has 0 unspecified atom stereocenters. The number of methoxy groups -OCH3 is 1. The van der Waals surface area contributed by atoms with E-state index >= 15 is 0 Å². The molecule has 116 valence electrons. The van der Waals surface area contributed by atoms with Crippen molar-refractivity contribution in [1.82, 2.24) is 9.97 Å². The third-order valence-corrected chi connectivity index (χ3v) is 4.60. The van der Waals surface area contributed by atoms with Gasteiger partial charge in [0, 0.05) is 12.0 Å². The summed E-state index contributed by atoms with van der Waals surface area (Å²) >= 11 is 0. The summed E-state index contributed by atoms with van der Waals surface area (Å²) in [5.41, 5.74) is 5.01. The second-order valence-corrected chi connectivity index (χ2v) is 5.97. The molecule has 4 heteroatoms. The van der Waals surface area contributed by atoms with E-state index in [1.165, 1.54) is 31.9 Å². The second kappa shape index (κ2) is 5.95. The zero-order valence-corrected chi connectivity index (χ0v) is 13.4. The maximum Gasteiger partial charge on any atom is 0.338 e. The average Bonchev–Trinajstić information content (AvgIpc) is 2.93. The number of nitrogens with one attached hydrogen (secondary N) is 1.